The number of ether oxygens (including phenoxy) is 1. The molecule has 1 atom stereocenters. The minimum atomic E-state index is -3.78. The lowest BCUT2D eigenvalue weighted by Crippen LogP contribution is -2.52. The molecule has 0 radical (unpaired) electrons. The van der Waals surface area contributed by atoms with Crippen LogP contribution in [0.2, 0.25) is 0 Å². The van der Waals surface area contributed by atoms with Crippen LogP contribution < -0.4 is 0 Å². The first-order chi connectivity index (χ1) is 15.4. The van der Waals surface area contributed by atoms with E-state index in [0.29, 0.717) is 26.2 Å². The summed E-state index contributed by atoms with van der Waals surface area (Å²) in [6.45, 7) is 3.47. The molecular weight excluding hydrogens is 453 g/mol. The molecule has 10 heteroatoms. The van der Waals surface area contributed by atoms with Gasteiger partial charge in [0.05, 0.1) is 17.5 Å². The van der Waals surface area contributed by atoms with Crippen LogP contribution in [0.3, 0.4) is 0 Å². The third-order valence-electron chi connectivity index (χ3n) is 5.83. The van der Waals surface area contributed by atoms with E-state index in [2.05, 4.69) is 11.0 Å². The van der Waals surface area contributed by atoms with E-state index in [-0.39, 0.29) is 36.5 Å². The van der Waals surface area contributed by atoms with E-state index in [9.17, 15) is 17.6 Å². The molecule has 1 aromatic heterocycles. The highest BCUT2D eigenvalue weighted by Crippen LogP contribution is 2.20. The number of hydrogen-bond donors (Lipinski definition) is 0. The van der Waals surface area contributed by atoms with Gasteiger partial charge in [-0.2, -0.15) is 4.31 Å². The second-order valence-electron chi connectivity index (χ2n) is 8.13. The second-order valence-corrected chi connectivity index (χ2v) is 11.1. The maximum absolute atomic E-state index is 13.5. The van der Waals surface area contributed by atoms with Gasteiger partial charge in [0.1, 0.15) is 5.82 Å². The lowest BCUT2D eigenvalue weighted by molar-refractivity contribution is -0.134. The summed E-state index contributed by atoms with van der Waals surface area (Å²) in [5.41, 5.74) is 0. The quantitative estimate of drug-likeness (QED) is 0.579. The molecule has 2 fully saturated rings. The summed E-state index contributed by atoms with van der Waals surface area (Å²) < 4.78 is 46.2. The third kappa shape index (κ3) is 5.74. The Balaban J connectivity index is 1.35. The molecule has 174 valence electrons. The Morgan fingerprint density at radius 3 is 2.66 bits per heavy atom. The lowest BCUT2D eigenvalue weighted by atomic mass is 10.2. The number of sulfonamides is 1. The van der Waals surface area contributed by atoms with Gasteiger partial charge in [-0.15, -0.1) is 11.3 Å². The Kier molecular flexibility index (Phi) is 7.57. The maximum Gasteiger partial charge on any atom is 0.243 e. The number of carbonyl (C=O) groups is 1. The minimum absolute atomic E-state index is 0.0117. The average Bonchev–Trinajstić information content (AvgIpc) is 3.48. The van der Waals surface area contributed by atoms with E-state index in [1.54, 1.807) is 16.2 Å². The first kappa shape index (κ1) is 23.3. The molecule has 2 aliphatic rings. The standard InChI is InChI=1S/C22H28FN3O4S2/c23-18-4-1-7-21(14-18)32(28,29)26-10-8-25(9-11-26)22(27)17-24(15-19-5-2-12-30-19)16-20-6-3-13-31-20/h1,3-4,6-7,13-14,19H,2,5,8-12,15-17H2/t19-/m1/s1. The SMILES string of the molecule is O=C(CN(Cc1cccs1)C[C@H]1CCCO1)N1CCN(S(=O)(=O)c2cccc(F)c2)CC1. The van der Waals surface area contributed by atoms with Crippen LogP contribution in [0.5, 0.6) is 0 Å². The molecule has 2 aliphatic heterocycles. The monoisotopic (exact) mass is 481 g/mol. The molecule has 32 heavy (non-hydrogen) atoms. The number of benzene rings is 1. The molecule has 0 N–H and O–H groups in total. The van der Waals surface area contributed by atoms with Crippen molar-refractivity contribution in [3.63, 3.8) is 0 Å². The maximum atomic E-state index is 13.5. The van der Waals surface area contributed by atoms with Crippen molar-refractivity contribution >= 4 is 27.3 Å². The Labute approximate surface area is 192 Å². The normalized spacial score (nSPS) is 20.2. The summed E-state index contributed by atoms with van der Waals surface area (Å²) in [7, 11) is -3.78. The first-order valence-corrected chi connectivity index (χ1v) is 13.1. The van der Waals surface area contributed by atoms with E-state index in [0.717, 1.165) is 25.5 Å². The first-order valence-electron chi connectivity index (χ1n) is 10.8. The average molecular weight is 482 g/mol. The number of piperazine rings is 1. The molecule has 0 aliphatic carbocycles. The minimum Gasteiger partial charge on any atom is -0.377 e. The fourth-order valence-corrected chi connectivity index (χ4v) is 6.33. The van der Waals surface area contributed by atoms with E-state index in [1.165, 1.54) is 27.4 Å². The molecule has 0 saturated carbocycles. The van der Waals surface area contributed by atoms with E-state index >= 15 is 0 Å². The van der Waals surface area contributed by atoms with Gasteiger partial charge in [0.15, 0.2) is 0 Å². The van der Waals surface area contributed by atoms with Crippen LogP contribution in [0.1, 0.15) is 17.7 Å². The van der Waals surface area contributed by atoms with Crippen LogP contribution >= 0.6 is 11.3 Å². The zero-order valence-electron chi connectivity index (χ0n) is 17.9. The predicted octanol–water partition coefficient (Wildman–Crippen LogP) is 2.40. The summed E-state index contributed by atoms with van der Waals surface area (Å²) in [6.07, 6.45) is 2.20. The zero-order chi connectivity index (χ0) is 22.6. The van der Waals surface area contributed by atoms with Crippen LogP contribution in [0.25, 0.3) is 0 Å². The van der Waals surface area contributed by atoms with Crippen molar-refractivity contribution in [2.45, 2.75) is 30.4 Å². The molecule has 4 rings (SSSR count). The van der Waals surface area contributed by atoms with E-state index in [4.69, 9.17) is 4.74 Å². The number of rotatable bonds is 8. The number of amides is 1. The van der Waals surface area contributed by atoms with Crippen molar-refractivity contribution in [1.82, 2.24) is 14.1 Å². The molecular formula is C22H28FN3O4S2. The van der Waals surface area contributed by atoms with Crippen molar-refractivity contribution < 1.29 is 22.3 Å². The fraction of sp³-hybridized carbons (Fsp3) is 0.500. The Bertz CT molecular complexity index is 1000. The van der Waals surface area contributed by atoms with Gasteiger partial charge >= 0.3 is 0 Å². The molecule has 2 saturated heterocycles. The summed E-state index contributed by atoms with van der Waals surface area (Å²) in [5.74, 6) is -0.598. The summed E-state index contributed by atoms with van der Waals surface area (Å²) >= 11 is 1.67. The van der Waals surface area contributed by atoms with Crippen LogP contribution in [-0.4, -0.2) is 80.4 Å². The van der Waals surface area contributed by atoms with Gasteiger partial charge in [0, 0.05) is 50.8 Å². The third-order valence-corrected chi connectivity index (χ3v) is 8.59. The lowest BCUT2D eigenvalue weighted by Gasteiger charge is -2.35. The molecule has 1 aromatic carbocycles. The number of halogens is 1. The van der Waals surface area contributed by atoms with Crippen LogP contribution in [0, 0.1) is 5.82 Å². The van der Waals surface area contributed by atoms with Gasteiger partial charge in [-0.05, 0) is 42.5 Å². The van der Waals surface area contributed by atoms with Gasteiger partial charge in [-0.25, -0.2) is 12.8 Å². The molecule has 3 heterocycles. The number of nitrogens with zero attached hydrogens (tertiary/aromatic N) is 3. The Morgan fingerprint density at radius 1 is 1.19 bits per heavy atom. The highest BCUT2D eigenvalue weighted by Gasteiger charge is 2.31. The zero-order valence-corrected chi connectivity index (χ0v) is 19.5. The van der Waals surface area contributed by atoms with E-state index in [1.807, 2.05) is 11.4 Å². The van der Waals surface area contributed by atoms with Gasteiger partial charge in [-0.3, -0.25) is 9.69 Å². The fourth-order valence-electron chi connectivity index (χ4n) is 4.13. The molecule has 0 spiro atoms. The van der Waals surface area contributed by atoms with Crippen LogP contribution in [0.15, 0.2) is 46.7 Å². The van der Waals surface area contributed by atoms with Crippen LogP contribution in [-0.2, 0) is 26.1 Å². The predicted molar refractivity (Wildman–Crippen MR) is 120 cm³/mol. The number of carbonyl (C=O) groups excluding carboxylic acids is 1. The van der Waals surface area contributed by atoms with Gasteiger partial charge in [-0.1, -0.05) is 12.1 Å². The molecule has 0 bridgehead atoms. The Hall–Kier alpha value is -1.85. The molecule has 1 amide bonds. The van der Waals surface area contributed by atoms with Gasteiger partial charge < -0.3 is 9.64 Å². The highest BCUT2D eigenvalue weighted by atomic mass is 32.2. The highest BCUT2D eigenvalue weighted by molar-refractivity contribution is 7.89. The molecule has 0 unspecified atom stereocenters. The smallest absolute Gasteiger partial charge is 0.243 e. The summed E-state index contributed by atoms with van der Waals surface area (Å²) in [5, 5.41) is 2.03. The van der Waals surface area contributed by atoms with Crippen molar-refractivity contribution in [2.75, 3.05) is 45.9 Å². The van der Waals surface area contributed by atoms with Crippen molar-refractivity contribution in [1.29, 1.82) is 0 Å². The topological polar surface area (TPSA) is 70.2 Å². The second kappa shape index (κ2) is 10.4. The number of thiophene rings is 1. The summed E-state index contributed by atoms with van der Waals surface area (Å²) in [6, 6.07) is 9.09. The van der Waals surface area contributed by atoms with Gasteiger partial charge in [0.2, 0.25) is 15.9 Å². The van der Waals surface area contributed by atoms with E-state index < -0.39 is 15.8 Å². The Morgan fingerprint density at radius 2 is 2.00 bits per heavy atom. The summed E-state index contributed by atoms with van der Waals surface area (Å²) in [4.78, 5) is 18.0. The van der Waals surface area contributed by atoms with Crippen molar-refractivity contribution in [2.24, 2.45) is 0 Å². The van der Waals surface area contributed by atoms with Crippen molar-refractivity contribution in [3.05, 3.63) is 52.5 Å². The molecule has 2 aromatic rings. The number of hydrogen-bond acceptors (Lipinski definition) is 6. The van der Waals surface area contributed by atoms with Gasteiger partial charge in [0.25, 0.3) is 0 Å². The largest absolute Gasteiger partial charge is 0.377 e. The molecule has 7 nitrogen and oxygen atoms in total. The van der Waals surface area contributed by atoms with Crippen molar-refractivity contribution in [3.8, 4) is 0 Å². The van der Waals surface area contributed by atoms with Crippen LogP contribution in [0.4, 0.5) is 4.39 Å².